The smallest absolute Gasteiger partial charge is 0.0535 e. The maximum atomic E-state index is 3.66. The van der Waals surface area contributed by atoms with Gasteiger partial charge in [0.15, 0.2) is 0 Å². The van der Waals surface area contributed by atoms with E-state index in [4.69, 9.17) is 0 Å². The normalized spacial score (nSPS) is 26.9. The predicted octanol–water partition coefficient (Wildman–Crippen LogP) is 2.22. The predicted molar refractivity (Wildman–Crippen MR) is 68.5 cm³/mol. The Labute approximate surface area is 98.7 Å². The van der Waals surface area contributed by atoms with Gasteiger partial charge in [0, 0.05) is 19.6 Å². The van der Waals surface area contributed by atoms with Gasteiger partial charge >= 0.3 is 0 Å². The van der Waals surface area contributed by atoms with E-state index in [0.717, 1.165) is 13.1 Å². The lowest BCUT2D eigenvalue weighted by Gasteiger charge is -2.42. The molecular formula is C14H22N2. The maximum absolute atomic E-state index is 3.66. The van der Waals surface area contributed by atoms with Gasteiger partial charge in [-0.1, -0.05) is 37.3 Å². The Morgan fingerprint density at radius 1 is 1.31 bits per heavy atom. The van der Waals surface area contributed by atoms with Crippen molar-refractivity contribution in [3.8, 4) is 0 Å². The molecule has 1 aliphatic heterocycles. The van der Waals surface area contributed by atoms with Gasteiger partial charge in [-0.2, -0.15) is 0 Å². The summed E-state index contributed by atoms with van der Waals surface area (Å²) in [4.78, 5) is 2.56. The van der Waals surface area contributed by atoms with Crippen molar-refractivity contribution in [2.45, 2.75) is 25.8 Å². The van der Waals surface area contributed by atoms with Crippen LogP contribution in [-0.4, -0.2) is 31.1 Å². The molecule has 2 nitrogen and oxygen atoms in total. The standard InChI is InChI=1S/C14H22N2/c1-3-10-16-11-9-15-14(2,12-16)13-7-5-4-6-8-13/h4-8,15H,3,9-12H2,1-2H3. The Morgan fingerprint density at radius 3 is 2.75 bits per heavy atom. The molecule has 0 amide bonds. The molecule has 1 atom stereocenters. The molecule has 0 bridgehead atoms. The van der Waals surface area contributed by atoms with E-state index in [2.05, 4.69) is 54.4 Å². The van der Waals surface area contributed by atoms with Crippen molar-refractivity contribution in [1.29, 1.82) is 0 Å². The molecule has 2 heteroatoms. The van der Waals surface area contributed by atoms with E-state index in [9.17, 15) is 0 Å². The minimum Gasteiger partial charge on any atom is -0.305 e. The number of nitrogens with zero attached hydrogens (tertiary/aromatic N) is 1. The van der Waals surface area contributed by atoms with Crippen LogP contribution in [0.1, 0.15) is 25.8 Å². The minimum atomic E-state index is 0.120. The fraction of sp³-hybridized carbons (Fsp3) is 0.571. The number of hydrogen-bond acceptors (Lipinski definition) is 2. The highest BCUT2D eigenvalue weighted by Gasteiger charge is 2.31. The Kier molecular flexibility index (Phi) is 3.62. The number of benzene rings is 1. The summed E-state index contributed by atoms with van der Waals surface area (Å²) in [5, 5.41) is 3.66. The number of piperazine rings is 1. The van der Waals surface area contributed by atoms with Crippen LogP contribution in [-0.2, 0) is 5.54 Å². The molecule has 1 N–H and O–H groups in total. The molecule has 0 spiro atoms. The van der Waals surface area contributed by atoms with E-state index >= 15 is 0 Å². The third kappa shape index (κ3) is 2.45. The van der Waals surface area contributed by atoms with Crippen molar-refractivity contribution >= 4 is 0 Å². The van der Waals surface area contributed by atoms with Crippen molar-refractivity contribution in [3.63, 3.8) is 0 Å². The summed E-state index contributed by atoms with van der Waals surface area (Å²) in [5.41, 5.74) is 1.52. The molecule has 1 heterocycles. The summed E-state index contributed by atoms with van der Waals surface area (Å²) in [6.07, 6.45) is 1.24. The second-order valence-corrected chi connectivity index (χ2v) is 4.90. The quantitative estimate of drug-likeness (QED) is 0.837. The molecule has 88 valence electrons. The molecule has 0 saturated carbocycles. The van der Waals surface area contributed by atoms with Gasteiger partial charge in [-0.15, -0.1) is 0 Å². The lowest BCUT2D eigenvalue weighted by atomic mass is 9.89. The van der Waals surface area contributed by atoms with Gasteiger partial charge in [0.25, 0.3) is 0 Å². The summed E-state index contributed by atoms with van der Waals surface area (Å²) in [5.74, 6) is 0. The van der Waals surface area contributed by atoms with Crippen LogP contribution < -0.4 is 5.32 Å². The first-order valence-electron chi connectivity index (χ1n) is 6.27. The van der Waals surface area contributed by atoms with E-state index in [1.54, 1.807) is 0 Å². The summed E-state index contributed by atoms with van der Waals surface area (Å²) in [6, 6.07) is 10.8. The van der Waals surface area contributed by atoms with E-state index in [-0.39, 0.29) is 5.54 Å². The van der Waals surface area contributed by atoms with Crippen LogP contribution in [0.5, 0.6) is 0 Å². The first kappa shape index (κ1) is 11.6. The topological polar surface area (TPSA) is 15.3 Å². The average Bonchev–Trinajstić information content (AvgIpc) is 2.31. The fourth-order valence-corrected chi connectivity index (χ4v) is 2.58. The third-order valence-corrected chi connectivity index (χ3v) is 3.43. The monoisotopic (exact) mass is 218 g/mol. The zero-order chi connectivity index (χ0) is 11.4. The van der Waals surface area contributed by atoms with Gasteiger partial charge in [0.05, 0.1) is 5.54 Å². The highest BCUT2D eigenvalue weighted by molar-refractivity contribution is 5.24. The Bertz CT molecular complexity index is 321. The highest BCUT2D eigenvalue weighted by Crippen LogP contribution is 2.24. The van der Waals surface area contributed by atoms with Crippen LogP contribution in [0.25, 0.3) is 0 Å². The van der Waals surface area contributed by atoms with Crippen molar-refractivity contribution in [1.82, 2.24) is 10.2 Å². The molecule has 1 fully saturated rings. The van der Waals surface area contributed by atoms with Crippen LogP contribution in [0.4, 0.5) is 0 Å². The molecule has 1 aromatic rings. The number of nitrogens with one attached hydrogen (secondary N) is 1. The van der Waals surface area contributed by atoms with Gasteiger partial charge in [0.1, 0.15) is 0 Å². The molecule has 2 rings (SSSR count). The highest BCUT2D eigenvalue weighted by atomic mass is 15.2. The van der Waals surface area contributed by atoms with Gasteiger partial charge in [-0.25, -0.2) is 0 Å². The second kappa shape index (κ2) is 4.98. The second-order valence-electron chi connectivity index (χ2n) is 4.90. The van der Waals surface area contributed by atoms with Crippen LogP contribution in [0, 0.1) is 0 Å². The Morgan fingerprint density at radius 2 is 2.06 bits per heavy atom. The van der Waals surface area contributed by atoms with E-state index in [0.29, 0.717) is 0 Å². The van der Waals surface area contributed by atoms with Crippen molar-refractivity contribution in [2.75, 3.05) is 26.2 Å². The SMILES string of the molecule is CCCN1CCNC(C)(c2ccccc2)C1. The molecule has 0 radical (unpaired) electrons. The largest absolute Gasteiger partial charge is 0.305 e. The van der Waals surface area contributed by atoms with Gasteiger partial charge < -0.3 is 5.32 Å². The van der Waals surface area contributed by atoms with Gasteiger partial charge in [-0.3, -0.25) is 4.90 Å². The van der Waals surface area contributed by atoms with Crippen LogP contribution >= 0.6 is 0 Å². The van der Waals surface area contributed by atoms with E-state index in [1.165, 1.54) is 25.1 Å². The minimum absolute atomic E-state index is 0.120. The molecule has 1 unspecified atom stereocenters. The maximum Gasteiger partial charge on any atom is 0.0535 e. The Hall–Kier alpha value is -0.860. The van der Waals surface area contributed by atoms with Crippen LogP contribution in [0.2, 0.25) is 0 Å². The third-order valence-electron chi connectivity index (χ3n) is 3.43. The van der Waals surface area contributed by atoms with E-state index < -0.39 is 0 Å². The zero-order valence-electron chi connectivity index (χ0n) is 10.4. The van der Waals surface area contributed by atoms with Gasteiger partial charge in [0.2, 0.25) is 0 Å². The van der Waals surface area contributed by atoms with Crippen molar-refractivity contribution in [3.05, 3.63) is 35.9 Å². The summed E-state index contributed by atoms with van der Waals surface area (Å²) in [7, 11) is 0. The zero-order valence-corrected chi connectivity index (χ0v) is 10.4. The average molecular weight is 218 g/mol. The number of hydrogen-bond donors (Lipinski definition) is 1. The summed E-state index contributed by atoms with van der Waals surface area (Å²) >= 11 is 0. The molecule has 1 aromatic carbocycles. The Balaban J connectivity index is 2.12. The first-order valence-corrected chi connectivity index (χ1v) is 6.27. The van der Waals surface area contributed by atoms with Crippen molar-refractivity contribution < 1.29 is 0 Å². The fourth-order valence-electron chi connectivity index (χ4n) is 2.58. The number of rotatable bonds is 3. The van der Waals surface area contributed by atoms with Crippen LogP contribution in [0.3, 0.4) is 0 Å². The molecule has 0 aliphatic carbocycles. The molecular weight excluding hydrogens is 196 g/mol. The van der Waals surface area contributed by atoms with Gasteiger partial charge in [-0.05, 0) is 25.5 Å². The molecule has 0 aromatic heterocycles. The summed E-state index contributed by atoms with van der Waals surface area (Å²) < 4.78 is 0. The van der Waals surface area contributed by atoms with E-state index in [1.807, 2.05) is 0 Å². The first-order chi connectivity index (χ1) is 7.74. The lowest BCUT2D eigenvalue weighted by molar-refractivity contribution is 0.143. The summed E-state index contributed by atoms with van der Waals surface area (Å²) in [6.45, 7) is 9.16. The lowest BCUT2D eigenvalue weighted by Crippen LogP contribution is -2.56. The van der Waals surface area contributed by atoms with Crippen molar-refractivity contribution in [2.24, 2.45) is 0 Å². The molecule has 16 heavy (non-hydrogen) atoms. The molecule has 1 saturated heterocycles. The molecule has 1 aliphatic rings. The van der Waals surface area contributed by atoms with Crippen LogP contribution in [0.15, 0.2) is 30.3 Å².